The number of hydrogen-bond donors (Lipinski definition) is 0. The molecule has 6 nitrogen and oxygen atoms in total. The van der Waals surface area contributed by atoms with Crippen molar-refractivity contribution in [3.63, 3.8) is 0 Å². The van der Waals surface area contributed by atoms with Gasteiger partial charge < -0.3 is 9.47 Å². The van der Waals surface area contributed by atoms with Crippen molar-refractivity contribution >= 4 is 34.0 Å². The zero-order valence-corrected chi connectivity index (χ0v) is 18.2. The molecule has 0 unspecified atom stereocenters. The second kappa shape index (κ2) is 9.39. The van der Waals surface area contributed by atoms with Gasteiger partial charge in [0.05, 0.1) is 24.1 Å². The number of methoxy groups -OCH3 is 1. The van der Waals surface area contributed by atoms with Crippen molar-refractivity contribution in [3.05, 3.63) is 70.2 Å². The van der Waals surface area contributed by atoms with E-state index in [0.717, 1.165) is 33.9 Å². The first-order chi connectivity index (χ1) is 15.1. The molecule has 10 heteroatoms. The van der Waals surface area contributed by atoms with Gasteiger partial charge in [-0.3, -0.25) is 9.69 Å². The van der Waals surface area contributed by atoms with E-state index in [0.29, 0.717) is 11.4 Å². The van der Waals surface area contributed by atoms with E-state index in [1.807, 2.05) is 6.92 Å². The second-order valence-corrected chi connectivity index (χ2v) is 7.64. The number of halogens is 3. The first-order valence-corrected chi connectivity index (χ1v) is 10.2. The minimum Gasteiger partial charge on any atom is -0.496 e. The summed E-state index contributed by atoms with van der Waals surface area (Å²) >= 11 is 1.05. The number of aryl methyl sites for hydroxylation is 1. The van der Waals surface area contributed by atoms with Gasteiger partial charge in [-0.25, -0.2) is 9.78 Å². The number of nitrogens with zero attached hydrogens (tertiary/aromatic N) is 2. The lowest BCUT2D eigenvalue weighted by Gasteiger charge is -2.19. The monoisotopic (exact) mass is 464 g/mol. The number of esters is 1. The van der Waals surface area contributed by atoms with Gasteiger partial charge in [-0.2, -0.15) is 13.2 Å². The lowest BCUT2D eigenvalue weighted by molar-refractivity contribution is -0.137. The number of ether oxygens (including phenoxy) is 2. The summed E-state index contributed by atoms with van der Waals surface area (Å²) in [5.41, 5.74) is 0.626. The average molecular weight is 464 g/mol. The summed E-state index contributed by atoms with van der Waals surface area (Å²) in [5.74, 6) is -0.750. The minimum absolute atomic E-state index is 0.0368. The van der Waals surface area contributed by atoms with Crippen LogP contribution in [0.5, 0.6) is 5.75 Å². The van der Waals surface area contributed by atoms with Crippen molar-refractivity contribution in [3.8, 4) is 5.75 Å². The van der Waals surface area contributed by atoms with Gasteiger partial charge in [0, 0.05) is 12.3 Å². The molecule has 0 saturated carbocycles. The normalized spacial score (nSPS) is 11.2. The quantitative estimate of drug-likeness (QED) is 0.450. The standard InChI is InChI=1S/C22H19F3N2O4S/c1-13-7-8-19(30-3)18(9-13)20(29)31-11-16-12-32-21(26-16)27(14(2)28)17-6-4-5-15(10-17)22(23,24)25/h4-10,12H,11H2,1-3H3. The van der Waals surface area contributed by atoms with Crippen LogP contribution in [0.4, 0.5) is 24.0 Å². The van der Waals surface area contributed by atoms with Crippen LogP contribution in [-0.4, -0.2) is 24.0 Å². The highest BCUT2D eigenvalue weighted by molar-refractivity contribution is 7.14. The third-order valence-electron chi connectivity index (χ3n) is 4.40. The van der Waals surface area contributed by atoms with E-state index in [-0.39, 0.29) is 23.0 Å². The van der Waals surface area contributed by atoms with Crippen LogP contribution in [0.2, 0.25) is 0 Å². The number of aromatic nitrogens is 1. The Balaban J connectivity index is 1.79. The molecular weight excluding hydrogens is 445 g/mol. The highest BCUT2D eigenvalue weighted by Gasteiger charge is 2.31. The van der Waals surface area contributed by atoms with Gasteiger partial charge in [0.25, 0.3) is 0 Å². The average Bonchev–Trinajstić information content (AvgIpc) is 3.19. The Morgan fingerprint density at radius 1 is 1.16 bits per heavy atom. The number of hydrogen-bond acceptors (Lipinski definition) is 6. The van der Waals surface area contributed by atoms with Crippen molar-refractivity contribution in [1.29, 1.82) is 0 Å². The number of rotatable bonds is 6. The van der Waals surface area contributed by atoms with Crippen molar-refractivity contribution in [2.24, 2.45) is 0 Å². The molecular formula is C22H19F3N2O4S. The van der Waals surface area contributed by atoms with Gasteiger partial charge in [-0.1, -0.05) is 17.7 Å². The maximum Gasteiger partial charge on any atom is 0.416 e. The SMILES string of the molecule is COc1ccc(C)cc1C(=O)OCc1csc(N(C(C)=O)c2cccc(C(F)(F)F)c2)n1. The molecule has 0 aliphatic heterocycles. The fraction of sp³-hybridized carbons (Fsp3) is 0.227. The van der Waals surface area contributed by atoms with Gasteiger partial charge in [-0.05, 0) is 37.3 Å². The fourth-order valence-corrected chi connectivity index (χ4v) is 3.78. The predicted molar refractivity (Wildman–Crippen MR) is 113 cm³/mol. The molecule has 1 amide bonds. The molecule has 0 N–H and O–H groups in total. The zero-order valence-electron chi connectivity index (χ0n) is 17.4. The third kappa shape index (κ3) is 5.25. The molecule has 1 aromatic heterocycles. The number of carbonyl (C=O) groups is 2. The minimum atomic E-state index is -4.54. The number of carbonyl (C=O) groups excluding carboxylic acids is 2. The van der Waals surface area contributed by atoms with Crippen molar-refractivity contribution in [2.75, 3.05) is 12.0 Å². The van der Waals surface area contributed by atoms with E-state index in [1.165, 1.54) is 26.2 Å². The van der Waals surface area contributed by atoms with Crippen LogP contribution in [-0.2, 0) is 22.3 Å². The summed E-state index contributed by atoms with van der Waals surface area (Å²) in [6.07, 6.45) is -4.54. The highest BCUT2D eigenvalue weighted by atomic mass is 32.1. The molecule has 0 saturated heterocycles. The highest BCUT2D eigenvalue weighted by Crippen LogP contribution is 2.35. The van der Waals surface area contributed by atoms with E-state index >= 15 is 0 Å². The Kier molecular flexibility index (Phi) is 6.83. The first-order valence-electron chi connectivity index (χ1n) is 9.34. The molecule has 0 aliphatic carbocycles. The summed E-state index contributed by atoms with van der Waals surface area (Å²) in [4.78, 5) is 30.0. The van der Waals surface area contributed by atoms with Gasteiger partial charge >= 0.3 is 12.1 Å². The molecule has 0 aliphatic rings. The van der Waals surface area contributed by atoms with Crippen LogP contribution >= 0.6 is 11.3 Å². The van der Waals surface area contributed by atoms with E-state index in [1.54, 1.807) is 23.6 Å². The van der Waals surface area contributed by atoms with Crippen molar-refractivity contribution in [2.45, 2.75) is 26.6 Å². The molecule has 0 radical (unpaired) electrons. The van der Waals surface area contributed by atoms with Crippen LogP contribution < -0.4 is 9.64 Å². The summed E-state index contributed by atoms with van der Waals surface area (Å²) in [7, 11) is 1.44. The van der Waals surface area contributed by atoms with Crippen molar-refractivity contribution < 1.29 is 32.2 Å². The molecule has 0 atom stereocenters. The number of thiazole rings is 1. The number of benzene rings is 2. The van der Waals surface area contributed by atoms with Crippen LogP contribution in [0, 0.1) is 6.92 Å². The van der Waals surface area contributed by atoms with Crippen LogP contribution in [0.25, 0.3) is 0 Å². The van der Waals surface area contributed by atoms with Crippen molar-refractivity contribution in [1.82, 2.24) is 4.98 Å². The summed E-state index contributed by atoms with van der Waals surface area (Å²) in [5, 5.41) is 1.73. The maximum absolute atomic E-state index is 13.1. The van der Waals surface area contributed by atoms with Gasteiger partial charge in [-0.15, -0.1) is 11.3 Å². The largest absolute Gasteiger partial charge is 0.496 e. The molecule has 0 bridgehead atoms. The van der Waals surface area contributed by atoms with E-state index in [4.69, 9.17) is 9.47 Å². The molecule has 3 rings (SSSR count). The zero-order chi connectivity index (χ0) is 23.5. The predicted octanol–water partition coefficient (Wildman–Crippen LogP) is 5.52. The lowest BCUT2D eigenvalue weighted by atomic mass is 10.1. The van der Waals surface area contributed by atoms with Gasteiger partial charge in [0.2, 0.25) is 5.91 Å². The van der Waals surface area contributed by atoms with Crippen LogP contribution in [0.15, 0.2) is 47.8 Å². The molecule has 168 valence electrons. The smallest absolute Gasteiger partial charge is 0.416 e. The Labute approximate surface area is 186 Å². The molecule has 1 heterocycles. The lowest BCUT2D eigenvalue weighted by Crippen LogP contribution is -2.23. The Bertz CT molecular complexity index is 1140. The first kappa shape index (κ1) is 23.3. The van der Waals surface area contributed by atoms with E-state index in [9.17, 15) is 22.8 Å². The topological polar surface area (TPSA) is 68.7 Å². The Hall–Kier alpha value is -3.40. The Morgan fingerprint density at radius 3 is 2.56 bits per heavy atom. The van der Waals surface area contributed by atoms with E-state index in [2.05, 4.69) is 4.98 Å². The third-order valence-corrected chi connectivity index (χ3v) is 5.28. The second-order valence-electron chi connectivity index (χ2n) is 6.80. The summed E-state index contributed by atoms with van der Waals surface area (Å²) < 4.78 is 49.7. The van der Waals surface area contributed by atoms with Crippen LogP contribution in [0.3, 0.4) is 0 Å². The van der Waals surface area contributed by atoms with Gasteiger partial charge in [0.15, 0.2) is 5.13 Å². The summed E-state index contributed by atoms with van der Waals surface area (Å²) in [6, 6.07) is 9.51. The van der Waals surface area contributed by atoms with Crippen LogP contribution in [0.1, 0.15) is 34.1 Å². The maximum atomic E-state index is 13.1. The van der Waals surface area contributed by atoms with Gasteiger partial charge in [0.1, 0.15) is 17.9 Å². The van der Waals surface area contributed by atoms with E-state index < -0.39 is 23.6 Å². The fourth-order valence-electron chi connectivity index (χ4n) is 2.91. The Morgan fingerprint density at radius 2 is 1.91 bits per heavy atom. The number of amides is 1. The summed E-state index contributed by atoms with van der Waals surface area (Å²) in [6.45, 7) is 2.87. The molecule has 0 spiro atoms. The number of alkyl halides is 3. The number of anilines is 2. The molecule has 2 aromatic carbocycles. The molecule has 0 fully saturated rings. The molecule has 32 heavy (non-hydrogen) atoms. The molecule has 3 aromatic rings.